The van der Waals surface area contributed by atoms with Crippen molar-refractivity contribution in [1.82, 2.24) is 9.97 Å². The van der Waals surface area contributed by atoms with E-state index in [1.54, 1.807) is 26.0 Å². The number of H-pyrrole nitrogens is 1. The Hall–Kier alpha value is -2.96. The van der Waals surface area contributed by atoms with Crippen molar-refractivity contribution in [2.75, 3.05) is 11.9 Å². The molecule has 0 amide bonds. The largest absolute Gasteiger partial charge is 0.461 e. The first-order chi connectivity index (χ1) is 11.5. The van der Waals surface area contributed by atoms with Gasteiger partial charge in [0.25, 0.3) is 0 Å². The molecular formula is C17H15F2N3O2. The second-order valence-electron chi connectivity index (χ2n) is 5.25. The van der Waals surface area contributed by atoms with Crippen LogP contribution in [0.25, 0.3) is 10.9 Å². The summed E-state index contributed by atoms with van der Waals surface area (Å²) in [6.45, 7) is 3.59. The van der Waals surface area contributed by atoms with Gasteiger partial charge in [-0.05, 0) is 31.5 Å². The number of carbonyl (C=O) groups is 1. The minimum absolute atomic E-state index is 0.0127. The van der Waals surface area contributed by atoms with Crippen LogP contribution in [0.5, 0.6) is 0 Å². The molecule has 2 heterocycles. The molecule has 0 aliphatic rings. The highest BCUT2D eigenvalue weighted by Gasteiger charge is 2.22. The normalized spacial score (nSPS) is 10.8. The minimum atomic E-state index is -0.664. The summed E-state index contributed by atoms with van der Waals surface area (Å²) in [6.07, 6.45) is 2.43. The zero-order valence-corrected chi connectivity index (χ0v) is 13.1. The Morgan fingerprint density at radius 2 is 2.08 bits per heavy atom. The maximum Gasteiger partial charge on any atom is 0.356 e. The summed E-state index contributed by atoms with van der Waals surface area (Å²) < 4.78 is 33.1. The van der Waals surface area contributed by atoms with E-state index in [0.29, 0.717) is 5.39 Å². The van der Waals surface area contributed by atoms with Gasteiger partial charge >= 0.3 is 5.97 Å². The summed E-state index contributed by atoms with van der Waals surface area (Å²) in [5, 5.41) is 3.18. The number of benzene rings is 1. The summed E-state index contributed by atoms with van der Waals surface area (Å²) in [4.78, 5) is 18.6. The first-order valence-electron chi connectivity index (χ1n) is 7.36. The molecule has 0 fully saturated rings. The lowest BCUT2D eigenvalue weighted by molar-refractivity contribution is 0.0522. The highest BCUT2D eigenvalue weighted by molar-refractivity contribution is 6.07. The smallest absolute Gasteiger partial charge is 0.356 e. The molecule has 2 aromatic heterocycles. The van der Waals surface area contributed by atoms with E-state index in [1.807, 2.05) is 0 Å². The molecule has 7 heteroatoms. The highest BCUT2D eigenvalue weighted by atomic mass is 19.1. The van der Waals surface area contributed by atoms with Crippen molar-refractivity contribution in [1.29, 1.82) is 0 Å². The Morgan fingerprint density at radius 1 is 1.29 bits per heavy atom. The third kappa shape index (κ3) is 2.80. The molecule has 0 radical (unpaired) electrons. The molecule has 3 aromatic rings. The number of aromatic amines is 1. The van der Waals surface area contributed by atoms with Crippen LogP contribution in [0.15, 0.2) is 30.6 Å². The molecule has 0 aliphatic heterocycles. The number of halogens is 2. The Morgan fingerprint density at radius 3 is 2.79 bits per heavy atom. The van der Waals surface area contributed by atoms with Gasteiger partial charge in [-0.15, -0.1) is 0 Å². The number of nitrogens with one attached hydrogen (secondary N) is 2. The molecule has 5 nitrogen and oxygen atoms in total. The number of fused-ring (bicyclic) bond motifs is 1. The predicted molar refractivity (Wildman–Crippen MR) is 86.4 cm³/mol. The number of ether oxygens (including phenoxy) is 1. The number of aryl methyl sites for hydroxylation is 1. The molecular weight excluding hydrogens is 316 g/mol. The average molecular weight is 331 g/mol. The van der Waals surface area contributed by atoms with Crippen molar-refractivity contribution >= 4 is 28.2 Å². The molecule has 0 atom stereocenters. The van der Waals surface area contributed by atoms with E-state index < -0.39 is 17.6 Å². The van der Waals surface area contributed by atoms with E-state index in [0.717, 1.165) is 11.8 Å². The molecule has 0 bridgehead atoms. The molecule has 2 N–H and O–H groups in total. The van der Waals surface area contributed by atoms with Crippen LogP contribution in [-0.2, 0) is 4.74 Å². The van der Waals surface area contributed by atoms with Crippen LogP contribution in [0, 0.1) is 18.6 Å². The topological polar surface area (TPSA) is 67.0 Å². The van der Waals surface area contributed by atoms with Crippen LogP contribution < -0.4 is 5.32 Å². The Balaban J connectivity index is 2.15. The Kier molecular flexibility index (Phi) is 4.16. The van der Waals surface area contributed by atoms with Crippen molar-refractivity contribution in [3.05, 3.63) is 53.5 Å². The maximum absolute atomic E-state index is 14.1. The van der Waals surface area contributed by atoms with Gasteiger partial charge in [0, 0.05) is 11.6 Å². The van der Waals surface area contributed by atoms with Gasteiger partial charge in [-0.3, -0.25) is 4.98 Å². The van der Waals surface area contributed by atoms with Crippen LogP contribution in [0.3, 0.4) is 0 Å². The van der Waals surface area contributed by atoms with Crippen LogP contribution in [0.2, 0.25) is 0 Å². The molecule has 1 aromatic carbocycles. The number of pyridine rings is 1. The fraction of sp³-hybridized carbons (Fsp3) is 0.176. The first-order valence-corrected chi connectivity index (χ1v) is 7.36. The van der Waals surface area contributed by atoms with Gasteiger partial charge in [-0.25, -0.2) is 13.6 Å². The Labute approximate surface area is 136 Å². The van der Waals surface area contributed by atoms with E-state index >= 15 is 0 Å². The summed E-state index contributed by atoms with van der Waals surface area (Å²) in [5.41, 5.74) is 1.26. The van der Waals surface area contributed by atoms with Crippen molar-refractivity contribution in [2.45, 2.75) is 13.8 Å². The summed E-state index contributed by atoms with van der Waals surface area (Å²) in [6, 6.07) is 4.63. The average Bonchev–Trinajstić information content (AvgIpc) is 2.90. The van der Waals surface area contributed by atoms with E-state index in [1.165, 1.54) is 12.3 Å². The number of hydrogen-bond acceptors (Lipinski definition) is 4. The quantitative estimate of drug-likeness (QED) is 0.707. The van der Waals surface area contributed by atoms with Crippen LogP contribution in [0.1, 0.15) is 23.0 Å². The summed E-state index contributed by atoms with van der Waals surface area (Å²) in [5.74, 6) is -1.76. The van der Waals surface area contributed by atoms with Gasteiger partial charge < -0.3 is 15.0 Å². The zero-order valence-electron chi connectivity index (χ0n) is 13.1. The molecule has 0 unspecified atom stereocenters. The molecule has 0 spiro atoms. The van der Waals surface area contributed by atoms with Crippen molar-refractivity contribution in [3.8, 4) is 0 Å². The number of aromatic nitrogens is 2. The molecule has 124 valence electrons. The van der Waals surface area contributed by atoms with Gasteiger partial charge in [0.2, 0.25) is 0 Å². The monoisotopic (exact) mass is 331 g/mol. The lowest BCUT2D eigenvalue weighted by Crippen LogP contribution is -2.08. The van der Waals surface area contributed by atoms with E-state index in [-0.39, 0.29) is 29.2 Å². The number of rotatable bonds is 4. The predicted octanol–water partition coefficient (Wildman–Crippen LogP) is 4.07. The van der Waals surface area contributed by atoms with E-state index in [4.69, 9.17) is 4.74 Å². The third-order valence-corrected chi connectivity index (χ3v) is 3.53. The third-order valence-electron chi connectivity index (χ3n) is 3.53. The standard InChI is InChI=1S/C17H15F2N3O2/c1-3-24-17(23)16-15(10-7-20-8-12(19)14(10)22-16)21-13-5-4-9(2)6-11(13)18/h4-8,21-22H,3H2,1-2H3. The summed E-state index contributed by atoms with van der Waals surface area (Å²) >= 11 is 0. The van der Waals surface area contributed by atoms with Gasteiger partial charge in [-0.1, -0.05) is 6.07 Å². The molecule has 0 saturated heterocycles. The molecule has 0 aliphatic carbocycles. The van der Waals surface area contributed by atoms with Gasteiger partial charge in [0.05, 0.1) is 29.7 Å². The Bertz CT molecular complexity index is 922. The van der Waals surface area contributed by atoms with Crippen molar-refractivity contribution in [3.63, 3.8) is 0 Å². The van der Waals surface area contributed by atoms with Crippen molar-refractivity contribution < 1.29 is 18.3 Å². The van der Waals surface area contributed by atoms with Gasteiger partial charge in [0.15, 0.2) is 5.82 Å². The minimum Gasteiger partial charge on any atom is -0.461 e. The number of hydrogen-bond donors (Lipinski definition) is 2. The molecule has 3 rings (SSSR count). The van der Waals surface area contributed by atoms with Crippen LogP contribution >= 0.6 is 0 Å². The summed E-state index contributed by atoms with van der Waals surface area (Å²) in [7, 11) is 0. The highest BCUT2D eigenvalue weighted by Crippen LogP contribution is 2.32. The maximum atomic E-state index is 14.1. The second-order valence-corrected chi connectivity index (χ2v) is 5.25. The van der Waals surface area contributed by atoms with Crippen molar-refractivity contribution in [2.24, 2.45) is 0 Å². The zero-order chi connectivity index (χ0) is 17.3. The lowest BCUT2D eigenvalue weighted by atomic mass is 10.2. The van der Waals surface area contributed by atoms with E-state index in [2.05, 4.69) is 15.3 Å². The number of esters is 1. The van der Waals surface area contributed by atoms with Gasteiger partial charge in [0.1, 0.15) is 11.5 Å². The second kappa shape index (κ2) is 6.27. The molecule has 0 saturated carbocycles. The van der Waals surface area contributed by atoms with Crippen LogP contribution in [-0.4, -0.2) is 22.5 Å². The first kappa shape index (κ1) is 15.9. The van der Waals surface area contributed by atoms with Gasteiger partial charge in [-0.2, -0.15) is 0 Å². The fourth-order valence-corrected chi connectivity index (χ4v) is 2.42. The number of nitrogens with zero attached hydrogens (tertiary/aromatic N) is 1. The van der Waals surface area contributed by atoms with E-state index in [9.17, 15) is 13.6 Å². The molecule has 24 heavy (non-hydrogen) atoms. The number of anilines is 2. The van der Waals surface area contributed by atoms with Crippen LogP contribution in [0.4, 0.5) is 20.2 Å². The fourth-order valence-electron chi connectivity index (χ4n) is 2.42. The number of carbonyl (C=O) groups excluding carboxylic acids is 1. The SMILES string of the molecule is CCOC(=O)c1[nH]c2c(F)cncc2c1Nc1ccc(C)cc1F. The lowest BCUT2D eigenvalue weighted by Gasteiger charge is -2.09.